The maximum Gasteiger partial charge on any atom is 0.239 e. The molecule has 0 unspecified atom stereocenters. The topological polar surface area (TPSA) is 51.1 Å². The Hall–Kier alpha value is -3.11. The fourth-order valence-electron chi connectivity index (χ4n) is 4.24. The first-order valence-corrected chi connectivity index (χ1v) is 10.5. The first kappa shape index (κ1) is 18.9. The van der Waals surface area contributed by atoms with Gasteiger partial charge in [0.25, 0.3) is 0 Å². The SMILES string of the molecule is O=C(Cn1c2ccccc2c(=O)c2ccccc21)NCC1(c2ccc(Cl)cc2)CC1. The van der Waals surface area contributed by atoms with E-state index in [0.29, 0.717) is 17.3 Å². The van der Waals surface area contributed by atoms with Crippen LogP contribution in [0.4, 0.5) is 0 Å². The summed E-state index contributed by atoms with van der Waals surface area (Å²) in [5.74, 6) is -0.0609. The predicted octanol–water partition coefficient (Wildman–Crippen LogP) is 4.66. The third kappa shape index (κ3) is 3.27. The molecular weight excluding hydrogens is 396 g/mol. The lowest BCUT2D eigenvalue weighted by Crippen LogP contribution is -2.34. The second-order valence-corrected chi connectivity index (χ2v) is 8.45. The minimum absolute atomic E-state index is 0.00229. The number of aromatic nitrogens is 1. The minimum atomic E-state index is -0.0609. The van der Waals surface area contributed by atoms with Gasteiger partial charge in [-0.25, -0.2) is 0 Å². The Balaban J connectivity index is 1.43. The molecule has 4 aromatic rings. The standard InChI is InChI=1S/C25H21ClN2O2/c26-18-11-9-17(10-12-18)25(13-14-25)16-27-23(29)15-28-21-7-3-1-5-19(21)24(30)20-6-2-4-8-22(20)28/h1-12H,13-16H2,(H,27,29). The molecule has 1 saturated carbocycles. The molecule has 1 heterocycles. The number of nitrogens with one attached hydrogen (secondary N) is 1. The Labute approximate surface area is 179 Å². The molecule has 0 aliphatic heterocycles. The van der Waals surface area contributed by atoms with Crippen molar-refractivity contribution < 1.29 is 4.79 Å². The van der Waals surface area contributed by atoms with E-state index in [2.05, 4.69) is 5.32 Å². The van der Waals surface area contributed by atoms with Crippen LogP contribution < -0.4 is 10.7 Å². The Morgan fingerprint density at radius 1 is 0.900 bits per heavy atom. The van der Waals surface area contributed by atoms with Gasteiger partial charge < -0.3 is 9.88 Å². The maximum absolute atomic E-state index is 12.9. The Morgan fingerprint density at radius 2 is 1.47 bits per heavy atom. The molecule has 1 N–H and O–H groups in total. The molecular formula is C25H21ClN2O2. The molecule has 1 aliphatic carbocycles. The molecule has 0 atom stereocenters. The zero-order valence-electron chi connectivity index (χ0n) is 16.4. The molecule has 1 fully saturated rings. The molecule has 150 valence electrons. The third-order valence-corrected chi connectivity index (χ3v) is 6.37. The molecule has 1 amide bonds. The highest BCUT2D eigenvalue weighted by atomic mass is 35.5. The van der Waals surface area contributed by atoms with E-state index in [1.54, 1.807) is 0 Å². The number of para-hydroxylation sites is 2. The number of rotatable bonds is 5. The number of hydrogen-bond acceptors (Lipinski definition) is 2. The van der Waals surface area contributed by atoms with Crippen molar-refractivity contribution in [1.29, 1.82) is 0 Å². The highest BCUT2D eigenvalue weighted by Gasteiger charge is 2.44. The van der Waals surface area contributed by atoms with Crippen molar-refractivity contribution >= 4 is 39.3 Å². The number of benzene rings is 3. The zero-order valence-corrected chi connectivity index (χ0v) is 17.2. The van der Waals surface area contributed by atoms with Crippen LogP contribution in [-0.4, -0.2) is 17.0 Å². The normalized spacial score (nSPS) is 14.7. The van der Waals surface area contributed by atoms with Gasteiger partial charge in [0.05, 0.1) is 11.0 Å². The van der Waals surface area contributed by atoms with Crippen LogP contribution >= 0.6 is 11.6 Å². The predicted molar refractivity (Wildman–Crippen MR) is 121 cm³/mol. The second kappa shape index (κ2) is 7.29. The maximum atomic E-state index is 12.9. The van der Waals surface area contributed by atoms with Crippen LogP contribution in [0, 0.1) is 0 Å². The third-order valence-electron chi connectivity index (χ3n) is 6.11. The van der Waals surface area contributed by atoms with Crippen LogP contribution in [0.5, 0.6) is 0 Å². The van der Waals surface area contributed by atoms with Gasteiger partial charge in [-0.1, -0.05) is 48.0 Å². The van der Waals surface area contributed by atoms with Gasteiger partial charge in [0.1, 0.15) is 6.54 Å². The van der Waals surface area contributed by atoms with Gasteiger partial charge in [-0.2, -0.15) is 0 Å². The highest BCUT2D eigenvalue weighted by Crippen LogP contribution is 2.47. The first-order chi connectivity index (χ1) is 14.6. The van der Waals surface area contributed by atoms with Crippen LogP contribution in [0.3, 0.4) is 0 Å². The Morgan fingerprint density at radius 3 is 2.03 bits per heavy atom. The molecule has 30 heavy (non-hydrogen) atoms. The van der Waals surface area contributed by atoms with Crippen molar-refractivity contribution in [2.24, 2.45) is 0 Å². The highest BCUT2D eigenvalue weighted by molar-refractivity contribution is 6.30. The van der Waals surface area contributed by atoms with Crippen molar-refractivity contribution in [1.82, 2.24) is 9.88 Å². The lowest BCUT2D eigenvalue weighted by molar-refractivity contribution is -0.121. The number of carbonyl (C=O) groups is 1. The van der Waals surface area contributed by atoms with E-state index in [0.717, 1.165) is 28.9 Å². The van der Waals surface area contributed by atoms with Gasteiger partial charge in [-0.05, 0) is 54.8 Å². The fraction of sp³-hybridized carbons (Fsp3) is 0.200. The summed E-state index contributed by atoms with van der Waals surface area (Å²) in [7, 11) is 0. The molecule has 4 nitrogen and oxygen atoms in total. The molecule has 0 saturated heterocycles. The first-order valence-electron chi connectivity index (χ1n) is 10.1. The van der Waals surface area contributed by atoms with E-state index >= 15 is 0 Å². The van der Waals surface area contributed by atoms with E-state index in [4.69, 9.17) is 11.6 Å². The number of halogens is 1. The van der Waals surface area contributed by atoms with Gasteiger partial charge in [0, 0.05) is 27.8 Å². The van der Waals surface area contributed by atoms with E-state index < -0.39 is 0 Å². The number of hydrogen-bond donors (Lipinski definition) is 1. The van der Waals surface area contributed by atoms with Gasteiger partial charge in [0.2, 0.25) is 5.91 Å². The summed E-state index contributed by atoms with van der Waals surface area (Å²) in [6.07, 6.45) is 2.11. The minimum Gasteiger partial charge on any atom is -0.354 e. The lowest BCUT2D eigenvalue weighted by atomic mass is 9.96. The lowest BCUT2D eigenvalue weighted by Gasteiger charge is -2.19. The van der Waals surface area contributed by atoms with Crippen molar-refractivity contribution in [2.45, 2.75) is 24.8 Å². The molecule has 3 aromatic carbocycles. The van der Waals surface area contributed by atoms with E-state index in [1.165, 1.54) is 5.56 Å². The van der Waals surface area contributed by atoms with Crippen LogP contribution in [0.25, 0.3) is 21.8 Å². The average Bonchev–Trinajstić information content (AvgIpc) is 3.57. The van der Waals surface area contributed by atoms with Crippen LogP contribution in [0.2, 0.25) is 5.02 Å². The summed E-state index contributed by atoms with van der Waals surface area (Å²) >= 11 is 6.01. The molecule has 0 bridgehead atoms. The van der Waals surface area contributed by atoms with E-state index in [1.807, 2.05) is 77.4 Å². The van der Waals surface area contributed by atoms with Gasteiger partial charge in [-0.3, -0.25) is 9.59 Å². The van der Waals surface area contributed by atoms with Gasteiger partial charge in [0.15, 0.2) is 5.43 Å². The number of carbonyl (C=O) groups excluding carboxylic acids is 1. The van der Waals surface area contributed by atoms with E-state index in [-0.39, 0.29) is 23.3 Å². The summed E-state index contributed by atoms with van der Waals surface area (Å²) in [5, 5.41) is 5.10. The summed E-state index contributed by atoms with van der Waals surface area (Å²) in [5.41, 5.74) is 2.77. The van der Waals surface area contributed by atoms with Crippen molar-refractivity contribution in [3.05, 3.63) is 93.6 Å². The quantitative estimate of drug-likeness (QED) is 0.481. The smallest absolute Gasteiger partial charge is 0.239 e. The van der Waals surface area contributed by atoms with Crippen molar-refractivity contribution in [2.75, 3.05) is 6.54 Å². The molecule has 5 rings (SSSR count). The fourth-order valence-corrected chi connectivity index (χ4v) is 4.36. The number of pyridine rings is 1. The monoisotopic (exact) mass is 416 g/mol. The largest absolute Gasteiger partial charge is 0.354 e. The van der Waals surface area contributed by atoms with Crippen LogP contribution in [-0.2, 0) is 16.8 Å². The van der Waals surface area contributed by atoms with Gasteiger partial charge >= 0.3 is 0 Å². The summed E-state index contributed by atoms with van der Waals surface area (Å²) in [4.78, 5) is 25.8. The van der Waals surface area contributed by atoms with Gasteiger partial charge in [-0.15, -0.1) is 0 Å². The molecule has 1 aliphatic rings. The average molecular weight is 417 g/mol. The Bertz CT molecular complexity index is 1260. The second-order valence-electron chi connectivity index (χ2n) is 8.01. The van der Waals surface area contributed by atoms with E-state index in [9.17, 15) is 9.59 Å². The molecule has 0 spiro atoms. The van der Waals surface area contributed by atoms with Crippen LogP contribution in [0.15, 0.2) is 77.6 Å². The van der Waals surface area contributed by atoms with Crippen molar-refractivity contribution in [3.63, 3.8) is 0 Å². The number of fused-ring (bicyclic) bond motifs is 2. The Kier molecular flexibility index (Phi) is 4.59. The number of amides is 1. The summed E-state index contributed by atoms with van der Waals surface area (Å²) in [6, 6.07) is 22.8. The zero-order chi connectivity index (χ0) is 20.7. The van der Waals surface area contributed by atoms with Crippen LogP contribution in [0.1, 0.15) is 18.4 Å². The van der Waals surface area contributed by atoms with Crippen molar-refractivity contribution in [3.8, 4) is 0 Å². The summed E-state index contributed by atoms with van der Waals surface area (Å²) < 4.78 is 1.93. The molecule has 0 radical (unpaired) electrons. The molecule has 1 aromatic heterocycles. The number of nitrogens with zero attached hydrogens (tertiary/aromatic N) is 1. The summed E-state index contributed by atoms with van der Waals surface area (Å²) in [6.45, 7) is 0.765. The molecule has 5 heteroatoms.